The smallest absolute Gasteiger partial charge is 0.226 e. The van der Waals surface area contributed by atoms with Gasteiger partial charge in [0.25, 0.3) is 0 Å². The molecule has 2 N–H and O–H groups in total. The summed E-state index contributed by atoms with van der Waals surface area (Å²) in [7, 11) is 1.64. The minimum atomic E-state index is -0.130. The zero-order valence-electron chi connectivity index (χ0n) is 12.5. The number of fused-ring (bicyclic) bond motifs is 1. The third-order valence-electron chi connectivity index (χ3n) is 4.03. The molecule has 1 aromatic carbocycles. The molecule has 0 fully saturated rings. The maximum absolute atomic E-state index is 11.9. The number of amides is 1. The Balaban J connectivity index is 1.77. The van der Waals surface area contributed by atoms with Gasteiger partial charge in [-0.2, -0.15) is 5.10 Å². The van der Waals surface area contributed by atoms with Crippen LogP contribution in [0, 0.1) is 0 Å². The van der Waals surface area contributed by atoms with Crippen molar-refractivity contribution >= 4 is 11.7 Å². The van der Waals surface area contributed by atoms with Gasteiger partial charge in [-0.25, -0.2) is 4.98 Å². The van der Waals surface area contributed by atoms with E-state index in [0.717, 1.165) is 22.8 Å². The summed E-state index contributed by atoms with van der Waals surface area (Å²) < 4.78 is 7.18. The van der Waals surface area contributed by atoms with E-state index in [-0.39, 0.29) is 11.8 Å². The van der Waals surface area contributed by atoms with Gasteiger partial charge in [-0.15, -0.1) is 0 Å². The largest absolute Gasteiger partial charge is 0.497 e. The van der Waals surface area contributed by atoms with Gasteiger partial charge < -0.3 is 14.6 Å². The van der Waals surface area contributed by atoms with Gasteiger partial charge in [0.05, 0.1) is 19.2 Å². The fourth-order valence-corrected chi connectivity index (χ4v) is 2.91. The first-order valence-electron chi connectivity index (χ1n) is 7.27. The molecule has 116 valence electrons. The topological polar surface area (TPSA) is 84.8 Å². The van der Waals surface area contributed by atoms with Crippen molar-refractivity contribution in [2.45, 2.75) is 12.3 Å². The quantitative estimate of drug-likeness (QED) is 0.775. The summed E-state index contributed by atoms with van der Waals surface area (Å²) in [5, 5.41) is 9.64. The number of hydrogen-bond acceptors (Lipinski definition) is 4. The maximum atomic E-state index is 11.9. The molecule has 0 saturated heterocycles. The van der Waals surface area contributed by atoms with Crippen LogP contribution in [0.1, 0.15) is 23.7 Å². The van der Waals surface area contributed by atoms with E-state index in [1.807, 2.05) is 35.0 Å². The summed E-state index contributed by atoms with van der Waals surface area (Å²) in [5.41, 5.74) is 1.92. The van der Waals surface area contributed by atoms with Crippen LogP contribution in [0.25, 0.3) is 5.69 Å². The number of ether oxygens (including phenoxy) is 1. The first-order valence-corrected chi connectivity index (χ1v) is 7.27. The summed E-state index contributed by atoms with van der Waals surface area (Å²) in [4.78, 5) is 16.4. The number of imidazole rings is 1. The SMILES string of the molecule is COc1ccc(-n2ccnc2C2CC(=O)Nc3[nH]ncc32)cc1. The molecular formula is C16H15N5O2. The van der Waals surface area contributed by atoms with Crippen molar-refractivity contribution in [1.82, 2.24) is 19.7 Å². The molecule has 23 heavy (non-hydrogen) atoms. The summed E-state index contributed by atoms with van der Waals surface area (Å²) in [6.45, 7) is 0. The molecule has 7 nitrogen and oxygen atoms in total. The summed E-state index contributed by atoms with van der Waals surface area (Å²) in [6, 6.07) is 7.72. The summed E-state index contributed by atoms with van der Waals surface area (Å²) in [6.07, 6.45) is 5.72. The number of anilines is 1. The highest BCUT2D eigenvalue weighted by molar-refractivity contribution is 5.94. The highest BCUT2D eigenvalue weighted by Crippen LogP contribution is 2.35. The number of nitrogens with zero attached hydrogens (tertiary/aromatic N) is 3. The molecular weight excluding hydrogens is 294 g/mol. The number of benzene rings is 1. The molecule has 1 aliphatic rings. The Hall–Kier alpha value is -3.09. The van der Waals surface area contributed by atoms with E-state index in [2.05, 4.69) is 20.5 Å². The van der Waals surface area contributed by atoms with Crippen molar-refractivity contribution in [3.63, 3.8) is 0 Å². The molecule has 3 aromatic rings. The van der Waals surface area contributed by atoms with Crippen LogP contribution < -0.4 is 10.1 Å². The van der Waals surface area contributed by atoms with Crippen molar-refractivity contribution in [2.24, 2.45) is 0 Å². The molecule has 1 atom stereocenters. The van der Waals surface area contributed by atoms with E-state index >= 15 is 0 Å². The fourth-order valence-electron chi connectivity index (χ4n) is 2.91. The highest BCUT2D eigenvalue weighted by Gasteiger charge is 2.31. The van der Waals surface area contributed by atoms with Gasteiger partial charge in [0.2, 0.25) is 5.91 Å². The van der Waals surface area contributed by atoms with Crippen LogP contribution in [-0.4, -0.2) is 32.8 Å². The second-order valence-corrected chi connectivity index (χ2v) is 5.36. The van der Waals surface area contributed by atoms with Crippen LogP contribution in [0.15, 0.2) is 42.9 Å². The van der Waals surface area contributed by atoms with Crippen molar-refractivity contribution in [1.29, 1.82) is 0 Å². The van der Waals surface area contributed by atoms with Crippen LogP contribution in [0.5, 0.6) is 5.75 Å². The summed E-state index contributed by atoms with van der Waals surface area (Å²) >= 11 is 0. The number of carbonyl (C=O) groups is 1. The molecule has 1 aliphatic heterocycles. The lowest BCUT2D eigenvalue weighted by Crippen LogP contribution is -2.24. The number of aromatic amines is 1. The average Bonchev–Trinajstić information content (AvgIpc) is 3.23. The first-order chi connectivity index (χ1) is 11.3. The maximum Gasteiger partial charge on any atom is 0.226 e. The zero-order chi connectivity index (χ0) is 15.8. The van der Waals surface area contributed by atoms with E-state index in [1.54, 1.807) is 19.5 Å². The van der Waals surface area contributed by atoms with Crippen molar-refractivity contribution < 1.29 is 9.53 Å². The van der Waals surface area contributed by atoms with Gasteiger partial charge in [-0.1, -0.05) is 0 Å². The fraction of sp³-hybridized carbons (Fsp3) is 0.188. The molecule has 0 saturated carbocycles. The standard InChI is InChI=1S/C16H15N5O2/c1-23-11-4-2-10(3-5-11)21-7-6-17-16(21)12-8-14(22)19-15-13(12)9-18-20-15/h2-7,9,12H,8H2,1H3,(H2,18,19,20,22). The number of hydrogen-bond donors (Lipinski definition) is 2. The Bertz CT molecular complexity index is 849. The van der Waals surface area contributed by atoms with Crippen molar-refractivity contribution in [2.75, 3.05) is 12.4 Å². The Morgan fingerprint density at radius 1 is 1.30 bits per heavy atom. The minimum absolute atomic E-state index is 0.0453. The third-order valence-corrected chi connectivity index (χ3v) is 4.03. The number of aromatic nitrogens is 4. The monoisotopic (exact) mass is 309 g/mol. The number of H-pyrrole nitrogens is 1. The van der Waals surface area contributed by atoms with Crippen LogP contribution in [0.3, 0.4) is 0 Å². The van der Waals surface area contributed by atoms with Crippen molar-refractivity contribution in [3.05, 3.63) is 54.2 Å². The zero-order valence-corrected chi connectivity index (χ0v) is 12.5. The van der Waals surface area contributed by atoms with E-state index in [0.29, 0.717) is 12.2 Å². The van der Waals surface area contributed by atoms with Crippen LogP contribution in [0.4, 0.5) is 5.82 Å². The first kappa shape index (κ1) is 13.6. The second-order valence-electron chi connectivity index (χ2n) is 5.36. The number of carbonyl (C=O) groups excluding carboxylic acids is 1. The molecule has 7 heteroatoms. The second kappa shape index (κ2) is 5.28. The van der Waals surface area contributed by atoms with Gasteiger partial charge in [-0.05, 0) is 24.3 Å². The van der Waals surface area contributed by atoms with Gasteiger partial charge in [0.1, 0.15) is 17.4 Å². The summed E-state index contributed by atoms with van der Waals surface area (Å²) in [5.74, 6) is 2.08. The van der Waals surface area contributed by atoms with Gasteiger partial charge in [-0.3, -0.25) is 9.89 Å². The van der Waals surface area contributed by atoms with Crippen LogP contribution in [0.2, 0.25) is 0 Å². The third kappa shape index (κ3) is 2.26. The lowest BCUT2D eigenvalue weighted by atomic mass is 9.93. The highest BCUT2D eigenvalue weighted by atomic mass is 16.5. The molecule has 0 radical (unpaired) electrons. The molecule has 1 unspecified atom stereocenters. The Labute approximate surface area is 132 Å². The average molecular weight is 309 g/mol. The Morgan fingerprint density at radius 2 is 2.13 bits per heavy atom. The predicted octanol–water partition coefficient (Wildman–Crippen LogP) is 2.08. The Kier molecular flexibility index (Phi) is 3.11. The molecule has 0 bridgehead atoms. The lowest BCUT2D eigenvalue weighted by Gasteiger charge is -2.22. The van der Waals surface area contributed by atoms with E-state index in [4.69, 9.17) is 4.74 Å². The van der Waals surface area contributed by atoms with E-state index < -0.39 is 0 Å². The van der Waals surface area contributed by atoms with Gasteiger partial charge in [0.15, 0.2) is 0 Å². The van der Waals surface area contributed by atoms with Crippen molar-refractivity contribution in [3.8, 4) is 11.4 Å². The molecule has 0 aliphatic carbocycles. The van der Waals surface area contributed by atoms with E-state index in [9.17, 15) is 4.79 Å². The molecule has 4 rings (SSSR count). The molecule has 0 spiro atoms. The lowest BCUT2D eigenvalue weighted by molar-refractivity contribution is -0.116. The Morgan fingerprint density at radius 3 is 2.91 bits per heavy atom. The predicted molar refractivity (Wildman–Crippen MR) is 83.8 cm³/mol. The molecule has 1 amide bonds. The van der Waals surface area contributed by atoms with Gasteiger partial charge in [0, 0.05) is 30.1 Å². The number of methoxy groups -OCH3 is 1. The van der Waals surface area contributed by atoms with Gasteiger partial charge >= 0.3 is 0 Å². The van der Waals surface area contributed by atoms with Crippen LogP contribution >= 0.6 is 0 Å². The number of nitrogens with one attached hydrogen (secondary N) is 2. The van der Waals surface area contributed by atoms with Crippen LogP contribution in [-0.2, 0) is 4.79 Å². The minimum Gasteiger partial charge on any atom is -0.497 e. The molecule has 2 aromatic heterocycles. The molecule has 3 heterocycles. The normalized spacial score (nSPS) is 16.7. The number of rotatable bonds is 3. The van der Waals surface area contributed by atoms with E-state index in [1.165, 1.54) is 0 Å².